The highest BCUT2D eigenvalue weighted by Crippen LogP contribution is 2.22. The van der Waals surface area contributed by atoms with Gasteiger partial charge in [-0.15, -0.1) is 0 Å². The average Bonchev–Trinajstić information content (AvgIpc) is 2.47. The molecule has 6 nitrogen and oxygen atoms in total. The van der Waals surface area contributed by atoms with E-state index in [2.05, 4.69) is 26.8 Å². The van der Waals surface area contributed by atoms with E-state index in [1.165, 1.54) is 0 Å². The fourth-order valence-corrected chi connectivity index (χ4v) is 2.08. The van der Waals surface area contributed by atoms with Crippen LogP contribution in [0.4, 0.5) is 0 Å². The molecule has 1 amide bonds. The summed E-state index contributed by atoms with van der Waals surface area (Å²) in [4.78, 5) is 11.9. The lowest BCUT2D eigenvalue weighted by Crippen LogP contribution is -2.45. The molecule has 0 aliphatic rings. The summed E-state index contributed by atoms with van der Waals surface area (Å²) in [5.41, 5.74) is 6.32. The van der Waals surface area contributed by atoms with Gasteiger partial charge in [-0.2, -0.15) is 0 Å². The van der Waals surface area contributed by atoms with Crippen LogP contribution in [-0.4, -0.2) is 32.5 Å². The number of halogens is 1. The Morgan fingerprint density at radius 1 is 1.29 bits per heavy atom. The standard InChI is InChI=1S/C14H21BrN2O4/c1-4-20-14(21-5-2)13(18)17-16-9-10-8-11(15)6-7-12(10)19-3/h6-8,14,16H,4-5,9H2,1-3H3,(H,17,18). The summed E-state index contributed by atoms with van der Waals surface area (Å²) in [5.74, 6) is 0.374. The van der Waals surface area contributed by atoms with Crippen molar-refractivity contribution in [3.63, 3.8) is 0 Å². The van der Waals surface area contributed by atoms with Gasteiger partial charge in [0.05, 0.1) is 7.11 Å². The minimum Gasteiger partial charge on any atom is -0.496 e. The molecule has 1 rings (SSSR count). The smallest absolute Gasteiger partial charge is 0.291 e. The number of ether oxygens (including phenoxy) is 3. The predicted octanol–water partition coefficient (Wildman–Crippen LogP) is 1.98. The van der Waals surface area contributed by atoms with E-state index >= 15 is 0 Å². The Bertz CT molecular complexity index is 451. The molecule has 0 aliphatic carbocycles. The second kappa shape index (κ2) is 9.73. The Morgan fingerprint density at radius 2 is 1.95 bits per heavy atom. The molecule has 0 aromatic heterocycles. The monoisotopic (exact) mass is 360 g/mol. The Kier molecular flexibility index (Phi) is 8.29. The molecular formula is C14H21BrN2O4. The maximum absolute atomic E-state index is 11.9. The Labute approximate surface area is 133 Å². The van der Waals surface area contributed by atoms with Gasteiger partial charge in [0, 0.05) is 29.8 Å². The van der Waals surface area contributed by atoms with Gasteiger partial charge in [-0.3, -0.25) is 10.2 Å². The lowest BCUT2D eigenvalue weighted by atomic mass is 10.2. The number of hydrogen-bond donors (Lipinski definition) is 2. The third-order valence-corrected chi connectivity index (χ3v) is 3.08. The summed E-state index contributed by atoms with van der Waals surface area (Å²) in [6.07, 6.45) is -0.906. The quantitative estimate of drug-likeness (QED) is 0.520. The van der Waals surface area contributed by atoms with Crippen LogP contribution in [0.1, 0.15) is 19.4 Å². The minimum atomic E-state index is -0.906. The van der Waals surface area contributed by atoms with E-state index in [1.54, 1.807) is 21.0 Å². The number of carbonyl (C=O) groups excluding carboxylic acids is 1. The van der Waals surface area contributed by atoms with Gasteiger partial charge in [0.25, 0.3) is 5.91 Å². The van der Waals surface area contributed by atoms with Crippen LogP contribution in [0.15, 0.2) is 22.7 Å². The SMILES string of the molecule is CCOC(OCC)C(=O)NNCc1cc(Br)ccc1OC. The molecular weight excluding hydrogens is 340 g/mol. The van der Waals surface area contributed by atoms with E-state index in [9.17, 15) is 4.79 Å². The third-order valence-electron chi connectivity index (χ3n) is 2.58. The summed E-state index contributed by atoms with van der Waals surface area (Å²) in [7, 11) is 1.60. The van der Waals surface area contributed by atoms with Crippen molar-refractivity contribution in [3.8, 4) is 5.75 Å². The van der Waals surface area contributed by atoms with Crippen molar-refractivity contribution in [2.45, 2.75) is 26.7 Å². The molecule has 0 bridgehead atoms. The molecule has 0 heterocycles. The topological polar surface area (TPSA) is 68.8 Å². The zero-order valence-corrected chi connectivity index (χ0v) is 14.0. The van der Waals surface area contributed by atoms with Crippen LogP contribution in [0.5, 0.6) is 5.75 Å². The summed E-state index contributed by atoms with van der Waals surface area (Å²) in [6.45, 7) is 4.83. The van der Waals surface area contributed by atoms with Gasteiger partial charge in [-0.05, 0) is 32.0 Å². The van der Waals surface area contributed by atoms with Crippen LogP contribution < -0.4 is 15.6 Å². The number of amides is 1. The van der Waals surface area contributed by atoms with Crippen LogP contribution in [0, 0.1) is 0 Å². The first-order chi connectivity index (χ1) is 10.1. The van der Waals surface area contributed by atoms with Crippen molar-refractivity contribution in [3.05, 3.63) is 28.2 Å². The van der Waals surface area contributed by atoms with Gasteiger partial charge < -0.3 is 14.2 Å². The summed E-state index contributed by atoms with van der Waals surface area (Å²) >= 11 is 3.40. The maximum Gasteiger partial charge on any atom is 0.291 e. The summed E-state index contributed by atoms with van der Waals surface area (Å²) in [5, 5.41) is 0. The fraction of sp³-hybridized carbons (Fsp3) is 0.500. The summed E-state index contributed by atoms with van der Waals surface area (Å²) in [6, 6.07) is 5.66. The average molecular weight is 361 g/mol. The van der Waals surface area contributed by atoms with E-state index in [0.717, 1.165) is 15.8 Å². The minimum absolute atomic E-state index is 0.368. The first kappa shape index (κ1) is 17.9. The van der Waals surface area contributed by atoms with E-state index in [-0.39, 0.29) is 5.91 Å². The molecule has 2 N–H and O–H groups in total. The number of benzene rings is 1. The van der Waals surface area contributed by atoms with Crippen LogP contribution >= 0.6 is 15.9 Å². The molecule has 0 atom stereocenters. The molecule has 21 heavy (non-hydrogen) atoms. The molecule has 0 spiro atoms. The Balaban J connectivity index is 2.52. The molecule has 0 aliphatic heterocycles. The molecule has 0 saturated carbocycles. The predicted molar refractivity (Wildman–Crippen MR) is 82.7 cm³/mol. The second-order valence-corrected chi connectivity index (χ2v) is 4.96. The van der Waals surface area contributed by atoms with Crippen molar-refractivity contribution in [1.82, 2.24) is 10.9 Å². The van der Waals surface area contributed by atoms with E-state index in [0.29, 0.717) is 19.8 Å². The normalized spacial score (nSPS) is 10.7. The van der Waals surface area contributed by atoms with E-state index in [1.807, 2.05) is 18.2 Å². The highest BCUT2D eigenvalue weighted by atomic mass is 79.9. The van der Waals surface area contributed by atoms with Crippen LogP contribution in [0.2, 0.25) is 0 Å². The first-order valence-corrected chi connectivity index (χ1v) is 7.50. The molecule has 0 fully saturated rings. The van der Waals surface area contributed by atoms with Crippen molar-refractivity contribution in [2.24, 2.45) is 0 Å². The first-order valence-electron chi connectivity index (χ1n) is 6.70. The zero-order valence-electron chi connectivity index (χ0n) is 12.4. The van der Waals surface area contributed by atoms with Crippen LogP contribution in [0.25, 0.3) is 0 Å². The third kappa shape index (κ3) is 6.01. The van der Waals surface area contributed by atoms with Crippen molar-refractivity contribution >= 4 is 21.8 Å². The number of hydrogen-bond acceptors (Lipinski definition) is 5. The van der Waals surface area contributed by atoms with Crippen molar-refractivity contribution in [2.75, 3.05) is 20.3 Å². The molecule has 1 aromatic carbocycles. The number of methoxy groups -OCH3 is 1. The number of nitrogens with one attached hydrogen (secondary N) is 2. The highest BCUT2D eigenvalue weighted by Gasteiger charge is 2.18. The van der Waals surface area contributed by atoms with Crippen molar-refractivity contribution in [1.29, 1.82) is 0 Å². The Hall–Kier alpha value is -1.15. The highest BCUT2D eigenvalue weighted by molar-refractivity contribution is 9.10. The van der Waals surface area contributed by atoms with Gasteiger partial charge in [-0.1, -0.05) is 15.9 Å². The number of rotatable bonds is 9. The number of hydrazine groups is 1. The van der Waals surface area contributed by atoms with Gasteiger partial charge in [0.15, 0.2) is 0 Å². The lowest BCUT2D eigenvalue weighted by Gasteiger charge is -2.17. The van der Waals surface area contributed by atoms with Gasteiger partial charge >= 0.3 is 0 Å². The van der Waals surface area contributed by atoms with Gasteiger partial charge in [-0.25, -0.2) is 5.43 Å². The maximum atomic E-state index is 11.9. The van der Waals surface area contributed by atoms with Gasteiger partial charge in [0.1, 0.15) is 5.75 Å². The molecule has 0 saturated heterocycles. The van der Waals surface area contributed by atoms with Crippen molar-refractivity contribution < 1.29 is 19.0 Å². The summed E-state index contributed by atoms with van der Waals surface area (Å²) < 4.78 is 16.6. The number of carbonyl (C=O) groups is 1. The molecule has 7 heteroatoms. The second-order valence-electron chi connectivity index (χ2n) is 4.04. The van der Waals surface area contributed by atoms with E-state index < -0.39 is 6.29 Å². The lowest BCUT2D eigenvalue weighted by molar-refractivity contribution is -0.171. The zero-order chi connectivity index (χ0) is 15.7. The Morgan fingerprint density at radius 3 is 2.52 bits per heavy atom. The van der Waals surface area contributed by atoms with Crippen LogP contribution in [0.3, 0.4) is 0 Å². The molecule has 118 valence electrons. The largest absolute Gasteiger partial charge is 0.496 e. The van der Waals surface area contributed by atoms with E-state index in [4.69, 9.17) is 14.2 Å². The molecule has 0 radical (unpaired) electrons. The van der Waals surface area contributed by atoms with Gasteiger partial charge in [0.2, 0.25) is 6.29 Å². The molecule has 1 aromatic rings. The molecule has 0 unspecified atom stereocenters. The fourth-order valence-electron chi connectivity index (χ4n) is 1.67. The van der Waals surface area contributed by atoms with Crippen LogP contribution in [-0.2, 0) is 20.8 Å².